The molecule has 35 heavy (non-hydrogen) atoms. The van der Waals surface area contributed by atoms with E-state index in [4.69, 9.17) is 65.5 Å². The molecule has 3 rings (SSSR count). The lowest BCUT2D eigenvalue weighted by molar-refractivity contribution is -0.137. The van der Waals surface area contributed by atoms with Crippen molar-refractivity contribution in [1.29, 1.82) is 0 Å². The van der Waals surface area contributed by atoms with Crippen LogP contribution in [0, 0.1) is 0 Å². The lowest BCUT2D eigenvalue weighted by Gasteiger charge is -2.21. The molecule has 0 amide bonds. The van der Waals surface area contributed by atoms with E-state index in [9.17, 15) is 13.2 Å². The molecule has 1 aromatic carbocycles. The first kappa shape index (κ1) is 27.5. The standard InChI is InChI=1S/C22H19Cl4F3N2O4/c1-21(4-6-34-20-16(24)7-12(11-30-20)22(27,28)29)10-17(31-35-21)14-8-13(33-5-3-18(25)26)9-15(23)19(14)32-2/h3,7-9,11H,4-6,10H2,1-2H3. The molecule has 0 spiro atoms. The number of benzene rings is 1. The van der Waals surface area contributed by atoms with Gasteiger partial charge in [0.1, 0.15) is 33.2 Å². The number of oxime groups is 1. The molecule has 0 radical (unpaired) electrons. The maximum atomic E-state index is 12.8. The van der Waals surface area contributed by atoms with E-state index in [1.807, 2.05) is 6.92 Å². The average molecular weight is 574 g/mol. The zero-order chi connectivity index (χ0) is 25.8. The van der Waals surface area contributed by atoms with Gasteiger partial charge in [0, 0.05) is 30.7 Å². The highest BCUT2D eigenvalue weighted by Gasteiger charge is 2.37. The largest absolute Gasteiger partial charge is 0.494 e. The molecule has 13 heteroatoms. The summed E-state index contributed by atoms with van der Waals surface area (Å²) >= 11 is 23.4. The van der Waals surface area contributed by atoms with Gasteiger partial charge in [0.05, 0.1) is 30.0 Å². The van der Waals surface area contributed by atoms with Gasteiger partial charge in [-0.05, 0) is 25.1 Å². The molecule has 2 aromatic rings. The van der Waals surface area contributed by atoms with E-state index >= 15 is 0 Å². The first-order valence-electron chi connectivity index (χ1n) is 10.0. The highest BCUT2D eigenvalue weighted by atomic mass is 35.5. The number of ether oxygens (including phenoxy) is 3. The van der Waals surface area contributed by atoms with Gasteiger partial charge in [-0.1, -0.05) is 51.6 Å². The van der Waals surface area contributed by atoms with Gasteiger partial charge in [-0.15, -0.1) is 0 Å². The van der Waals surface area contributed by atoms with E-state index in [1.165, 1.54) is 13.2 Å². The van der Waals surface area contributed by atoms with Crippen molar-refractivity contribution in [3.8, 4) is 17.4 Å². The van der Waals surface area contributed by atoms with Crippen LogP contribution in [0.1, 0.15) is 30.9 Å². The molecule has 0 saturated heterocycles. The van der Waals surface area contributed by atoms with Crippen molar-refractivity contribution < 1.29 is 32.2 Å². The number of hydrogen-bond acceptors (Lipinski definition) is 6. The van der Waals surface area contributed by atoms with Gasteiger partial charge in [-0.2, -0.15) is 13.2 Å². The predicted octanol–water partition coefficient (Wildman–Crippen LogP) is 7.47. The third-order valence-corrected chi connectivity index (χ3v) is 5.80. The van der Waals surface area contributed by atoms with Crippen LogP contribution in [0.2, 0.25) is 10.0 Å². The van der Waals surface area contributed by atoms with Crippen molar-refractivity contribution >= 4 is 52.1 Å². The average Bonchev–Trinajstić information content (AvgIpc) is 3.15. The fourth-order valence-corrected chi connectivity index (χ4v) is 3.82. The van der Waals surface area contributed by atoms with E-state index < -0.39 is 17.3 Å². The van der Waals surface area contributed by atoms with Crippen molar-refractivity contribution in [2.45, 2.75) is 31.5 Å². The second-order valence-electron chi connectivity index (χ2n) is 7.65. The minimum Gasteiger partial charge on any atom is -0.494 e. The van der Waals surface area contributed by atoms with Crippen LogP contribution in [0.4, 0.5) is 13.2 Å². The van der Waals surface area contributed by atoms with Gasteiger partial charge in [0.2, 0.25) is 5.88 Å². The fourth-order valence-electron chi connectivity index (χ4n) is 3.19. The van der Waals surface area contributed by atoms with Gasteiger partial charge in [0.15, 0.2) is 0 Å². The summed E-state index contributed by atoms with van der Waals surface area (Å²) in [5.74, 6) is 0.736. The highest BCUT2D eigenvalue weighted by molar-refractivity contribution is 6.55. The minimum atomic E-state index is -4.55. The Kier molecular flexibility index (Phi) is 8.91. The lowest BCUT2D eigenvalue weighted by Crippen LogP contribution is -2.27. The van der Waals surface area contributed by atoms with Crippen LogP contribution >= 0.6 is 46.4 Å². The van der Waals surface area contributed by atoms with Crippen LogP contribution in [-0.2, 0) is 11.0 Å². The Bertz CT molecular complexity index is 1140. The predicted molar refractivity (Wildman–Crippen MR) is 128 cm³/mol. The van der Waals surface area contributed by atoms with Crippen LogP contribution in [0.5, 0.6) is 17.4 Å². The number of pyridine rings is 1. The van der Waals surface area contributed by atoms with Crippen molar-refractivity contribution in [3.05, 3.63) is 56.1 Å². The Balaban J connectivity index is 1.66. The number of aromatic nitrogens is 1. The fraction of sp³-hybridized carbons (Fsp3) is 0.364. The van der Waals surface area contributed by atoms with Crippen molar-refractivity contribution in [2.75, 3.05) is 20.3 Å². The van der Waals surface area contributed by atoms with Crippen molar-refractivity contribution in [2.24, 2.45) is 5.16 Å². The molecule has 1 aliphatic rings. The van der Waals surface area contributed by atoms with Gasteiger partial charge in [-0.25, -0.2) is 4.98 Å². The van der Waals surface area contributed by atoms with Crippen LogP contribution in [0.25, 0.3) is 0 Å². The SMILES string of the molecule is COc1c(Cl)cc(OCC=C(Cl)Cl)cc1C1=NOC(C)(CCOc2ncc(C(F)(F)F)cc2Cl)C1. The molecule has 0 bridgehead atoms. The Morgan fingerprint density at radius 2 is 1.91 bits per heavy atom. The lowest BCUT2D eigenvalue weighted by atomic mass is 9.93. The minimum absolute atomic E-state index is 0.0733. The summed E-state index contributed by atoms with van der Waals surface area (Å²) in [4.78, 5) is 9.32. The highest BCUT2D eigenvalue weighted by Crippen LogP contribution is 2.39. The summed E-state index contributed by atoms with van der Waals surface area (Å²) in [5.41, 5.74) is -0.585. The number of halogens is 7. The summed E-state index contributed by atoms with van der Waals surface area (Å²) in [6.45, 7) is 2.02. The van der Waals surface area contributed by atoms with Crippen LogP contribution in [0.3, 0.4) is 0 Å². The van der Waals surface area contributed by atoms with Crippen LogP contribution < -0.4 is 14.2 Å². The van der Waals surface area contributed by atoms with E-state index in [0.29, 0.717) is 46.8 Å². The molecule has 2 heterocycles. The Morgan fingerprint density at radius 1 is 1.17 bits per heavy atom. The topological polar surface area (TPSA) is 62.2 Å². The van der Waals surface area contributed by atoms with Crippen LogP contribution in [-0.4, -0.2) is 36.6 Å². The third kappa shape index (κ3) is 7.22. The van der Waals surface area contributed by atoms with E-state index in [-0.39, 0.29) is 28.6 Å². The maximum Gasteiger partial charge on any atom is 0.417 e. The maximum absolute atomic E-state index is 12.8. The van der Waals surface area contributed by atoms with E-state index in [2.05, 4.69) is 10.1 Å². The number of nitrogens with zero attached hydrogens (tertiary/aromatic N) is 2. The first-order valence-corrected chi connectivity index (χ1v) is 11.6. The monoisotopic (exact) mass is 572 g/mol. The molecule has 0 fully saturated rings. The summed E-state index contributed by atoms with van der Waals surface area (Å²) in [5, 5.41) is 4.26. The molecular weight excluding hydrogens is 555 g/mol. The molecule has 1 unspecified atom stereocenters. The molecule has 190 valence electrons. The van der Waals surface area contributed by atoms with Crippen LogP contribution in [0.15, 0.2) is 40.1 Å². The third-order valence-electron chi connectivity index (χ3n) is 4.94. The Hall–Kier alpha value is -2.07. The van der Waals surface area contributed by atoms with Gasteiger partial charge < -0.3 is 19.0 Å². The Labute approximate surface area is 219 Å². The van der Waals surface area contributed by atoms with Gasteiger partial charge in [0.25, 0.3) is 0 Å². The second-order valence-corrected chi connectivity index (χ2v) is 9.48. The number of alkyl halides is 3. The molecule has 1 aliphatic heterocycles. The number of rotatable bonds is 9. The van der Waals surface area contributed by atoms with E-state index in [0.717, 1.165) is 6.07 Å². The molecule has 0 aliphatic carbocycles. The molecule has 1 aromatic heterocycles. The second kappa shape index (κ2) is 11.3. The molecular formula is C22H19Cl4F3N2O4. The summed E-state index contributed by atoms with van der Waals surface area (Å²) in [7, 11) is 1.48. The smallest absolute Gasteiger partial charge is 0.417 e. The van der Waals surface area contributed by atoms with Gasteiger partial charge >= 0.3 is 6.18 Å². The normalized spacial score (nSPS) is 17.5. The summed E-state index contributed by atoms with van der Waals surface area (Å²) < 4.78 is 54.9. The zero-order valence-electron chi connectivity index (χ0n) is 18.4. The van der Waals surface area contributed by atoms with Crippen molar-refractivity contribution in [1.82, 2.24) is 4.98 Å². The van der Waals surface area contributed by atoms with Crippen molar-refractivity contribution in [3.63, 3.8) is 0 Å². The quantitative estimate of drug-likeness (QED) is 0.311. The Morgan fingerprint density at radius 3 is 2.54 bits per heavy atom. The molecule has 0 N–H and O–H groups in total. The first-order chi connectivity index (χ1) is 16.4. The van der Waals surface area contributed by atoms with E-state index in [1.54, 1.807) is 12.1 Å². The molecule has 6 nitrogen and oxygen atoms in total. The summed E-state index contributed by atoms with van der Waals surface area (Å²) in [6, 6.07) is 4.06. The zero-order valence-corrected chi connectivity index (χ0v) is 21.4. The molecule has 0 saturated carbocycles. The van der Waals surface area contributed by atoms with Gasteiger partial charge in [-0.3, -0.25) is 0 Å². The number of methoxy groups -OCH3 is 1. The number of hydrogen-bond donors (Lipinski definition) is 0. The molecule has 1 atom stereocenters. The summed E-state index contributed by atoms with van der Waals surface area (Å²) in [6.07, 6.45) is -1.70.